The van der Waals surface area contributed by atoms with Crippen molar-refractivity contribution in [3.8, 4) is 5.75 Å². The van der Waals surface area contributed by atoms with Crippen LogP contribution in [0.4, 0.5) is 0 Å². The summed E-state index contributed by atoms with van der Waals surface area (Å²) < 4.78 is 12.3. The van der Waals surface area contributed by atoms with Gasteiger partial charge in [0.15, 0.2) is 5.54 Å². The van der Waals surface area contributed by atoms with E-state index in [-0.39, 0.29) is 11.9 Å². The van der Waals surface area contributed by atoms with E-state index in [0.29, 0.717) is 18.8 Å². The third-order valence-electron chi connectivity index (χ3n) is 3.62. The van der Waals surface area contributed by atoms with E-state index in [1.807, 2.05) is 39.0 Å². The van der Waals surface area contributed by atoms with Gasteiger partial charge in [-0.15, -0.1) is 0 Å². The second kappa shape index (κ2) is 4.73. The zero-order chi connectivity index (χ0) is 15.3. The van der Waals surface area contributed by atoms with Gasteiger partial charge >= 0.3 is 0 Å². The molecule has 0 saturated carbocycles. The summed E-state index contributed by atoms with van der Waals surface area (Å²) in [5.41, 5.74) is -0.697. The van der Waals surface area contributed by atoms with Crippen LogP contribution in [-0.4, -0.2) is 24.1 Å². The van der Waals surface area contributed by atoms with Crippen molar-refractivity contribution in [3.63, 3.8) is 0 Å². The lowest BCUT2D eigenvalue weighted by Crippen LogP contribution is -2.48. The predicted octanol–water partition coefficient (Wildman–Crippen LogP) is 2.73. The fourth-order valence-corrected chi connectivity index (χ4v) is 3.28. The fourth-order valence-electron chi connectivity index (χ4n) is 2.92. The number of aliphatic imine (C=N–C) groups is 1. The zero-order valence-electron chi connectivity index (χ0n) is 12.2. The van der Waals surface area contributed by atoms with Gasteiger partial charge in [0.1, 0.15) is 11.4 Å². The van der Waals surface area contributed by atoms with E-state index < -0.39 is 11.1 Å². The van der Waals surface area contributed by atoms with Crippen LogP contribution in [0.25, 0.3) is 0 Å². The number of hydrogen-bond donors (Lipinski definition) is 1. The molecule has 112 valence electrons. The maximum Gasteiger partial charge on any atom is 0.292 e. The van der Waals surface area contributed by atoms with E-state index in [1.165, 1.54) is 0 Å². The number of carbonyl (C=O) groups is 1. The standard InChI is InChI=1S/C15H17BrN2O3/c1-4-20-13-17-12(19)15(18-13)8-14(2,3)21-11-6-5-9(16)7-10(11)15/h5-7H,4,8H2,1-3H3,(H,17,18,19)/t15-/m1/s1. The Kier molecular flexibility index (Phi) is 3.24. The number of amides is 1. The molecule has 1 spiro atoms. The number of nitrogens with zero attached hydrogens (tertiary/aromatic N) is 1. The molecule has 0 fully saturated rings. The van der Waals surface area contributed by atoms with E-state index in [4.69, 9.17) is 9.47 Å². The molecule has 3 rings (SSSR count). The Balaban J connectivity index is 2.18. The largest absolute Gasteiger partial charge is 0.487 e. The number of rotatable bonds is 1. The molecule has 1 atom stereocenters. The van der Waals surface area contributed by atoms with Crippen LogP contribution >= 0.6 is 15.9 Å². The van der Waals surface area contributed by atoms with Crippen LogP contribution < -0.4 is 10.1 Å². The minimum absolute atomic E-state index is 0.165. The molecule has 0 aliphatic carbocycles. The van der Waals surface area contributed by atoms with Gasteiger partial charge < -0.3 is 9.47 Å². The molecule has 0 bridgehead atoms. The van der Waals surface area contributed by atoms with Crippen molar-refractivity contribution in [1.82, 2.24) is 5.32 Å². The summed E-state index contributed by atoms with van der Waals surface area (Å²) in [6.07, 6.45) is 0.464. The number of amidine groups is 1. The summed E-state index contributed by atoms with van der Waals surface area (Å²) in [6.45, 7) is 6.24. The topological polar surface area (TPSA) is 59.9 Å². The second-order valence-electron chi connectivity index (χ2n) is 5.84. The van der Waals surface area contributed by atoms with Gasteiger partial charge in [-0.2, -0.15) is 0 Å². The Morgan fingerprint density at radius 2 is 2.24 bits per heavy atom. The third kappa shape index (κ3) is 2.31. The van der Waals surface area contributed by atoms with E-state index >= 15 is 0 Å². The molecule has 0 saturated heterocycles. The molecule has 1 aromatic carbocycles. The summed E-state index contributed by atoms with van der Waals surface area (Å²) in [4.78, 5) is 17.2. The van der Waals surface area contributed by atoms with Gasteiger partial charge in [-0.25, -0.2) is 4.99 Å². The fraction of sp³-hybridized carbons (Fsp3) is 0.467. The average molecular weight is 353 g/mol. The Bertz CT molecular complexity index is 642. The summed E-state index contributed by atoms with van der Waals surface area (Å²) in [5, 5.41) is 2.73. The zero-order valence-corrected chi connectivity index (χ0v) is 13.8. The van der Waals surface area contributed by atoms with E-state index in [9.17, 15) is 4.79 Å². The first-order valence-electron chi connectivity index (χ1n) is 6.89. The van der Waals surface area contributed by atoms with Gasteiger partial charge in [0, 0.05) is 16.5 Å². The molecule has 5 nitrogen and oxygen atoms in total. The number of hydrogen-bond acceptors (Lipinski definition) is 4. The van der Waals surface area contributed by atoms with Gasteiger partial charge in [-0.1, -0.05) is 15.9 Å². The maximum atomic E-state index is 12.6. The molecule has 6 heteroatoms. The minimum Gasteiger partial charge on any atom is -0.487 e. The van der Waals surface area contributed by atoms with Crippen LogP contribution in [0.2, 0.25) is 0 Å². The summed E-state index contributed by atoms with van der Waals surface area (Å²) in [6, 6.07) is 5.94. The molecule has 1 N–H and O–H groups in total. The number of halogens is 1. The van der Waals surface area contributed by atoms with Crippen molar-refractivity contribution < 1.29 is 14.3 Å². The lowest BCUT2D eigenvalue weighted by atomic mass is 9.78. The smallest absolute Gasteiger partial charge is 0.292 e. The minimum atomic E-state index is -0.981. The van der Waals surface area contributed by atoms with Crippen molar-refractivity contribution in [2.45, 2.75) is 38.3 Å². The lowest BCUT2D eigenvalue weighted by Gasteiger charge is -2.40. The lowest BCUT2D eigenvalue weighted by molar-refractivity contribution is -0.127. The van der Waals surface area contributed by atoms with Gasteiger partial charge in [-0.3, -0.25) is 10.1 Å². The number of nitrogens with one attached hydrogen (secondary N) is 1. The van der Waals surface area contributed by atoms with Crippen LogP contribution in [0, 0.1) is 0 Å². The van der Waals surface area contributed by atoms with Crippen LogP contribution in [0.15, 0.2) is 27.7 Å². The van der Waals surface area contributed by atoms with Gasteiger partial charge in [0.05, 0.1) is 6.61 Å². The maximum absolute atomic E-state index is 12.6. The van der Waals surface area contributed by atoms with Crippen molar-refractivity contribution in [1.29, 1.82) is 0 Å². The highest BCUT2D eigenvalue weighted by molar-refractivity contribution is 9.10. The highest BCUT2D eigenvalue weighted by Gasteiger charge is 2.54. The normalized spacial score (nSPS) is 25.9. The van der Waals surface area contributed by atoms with Crippen LogP contribution in [0.5, 0.6) is 5.75 Å². The van der Waals surface area contributed by atoms with Crippen LogP contribution in [-0.2, 0) is 15.1 Å². The first-order chi connectivity index (χ1) is 9.86. The molecule has 0 unspecified atom stereocenters. The number of benzene rings is 1. The van der Waals surface area contributed by atoms with E-state index in [1.54, 1.807) is 0 Å². The Morgan fingerprint density at radius 3 is 2.95 bits per heavy atom. The van der Waals surface area contributed by atoms with Gasteiger partial charge in [0.2, 0.25) is 0 Å². The van der Waals surface area contributed by atoms with Gasteiger partial charge in [0.25, 0.3) is 11.9 Å². The predicted molar refractivity (Wildman–Crippen MR) is 82.3 cm³/mol. The number of carbonyl (C=O) groups excluding carboxylic acids is 1. The number of ether oxygens (including phenoxy) is 2. The molecule has 0 aromatic heterocycles. The Hall–Kier alpha value is -1.56. The van der Waals surface area contributed by atoms with Crippen molar-refractivity contribution in [2.75, 3.05) is 6.61 Å². The molecule has 0 radical (unpaired) electrons. The molecule has 2 aliphatic rings. The van der Waals surface area contributed by atoms with Gasteiger partial charge in [-0.05, 0) is 39.0 Å². The molecule has 1 amide bonds. The van der Waals surface area contributed by atoms with Crippen molar-refractivity contribution in [2.24, 2.45) is 4.99 Å². The quantitative estimate of drug-likeness (QED) is 0.845. The SMILES string of the molecule is CCOC1=N[C@@]2(CC(C)(C)Oc3ccc(Br)cc32)C(=O)N1. The third-order valence-corrected chi connectivity index (χ3v) is 4.12. The molecule has 21 heavy (non-hydrogen) atoms. The molecule has 1 aromatic rings. The first kappa shape index (κ1) is 14.4. The highest BCUT2D eigenvalue weighted by Crippen LogP contribution is 2.48. The molecule has 2 aliphatic heterocycles. The monoisotopic (exact) mass is 352 g/mol. The summed E-state index contributed by atoms with van der Waals surface area (Å²) in [7, 11) is 0. The van der Waals surface area contributed by atoms with E-state index in [0.717, 1.165) is 10.0 Å². The Morgan fingerprint density at radius 1 is 1.48 bits per heavy atom. The van der Waals surface area contributed by atoms with Crippen LogP contribution in [0.1, 0.15) is 32.8 Å². The summed E-state index contributed by atoms with van der Waals surface area (Å²) in [5.74, 6) is 0.521. The summed E-state index contributed by atoms with van der Waals surface area (Å²) >= 11 is 3.45. The van der Waals surface area contributed by atoms with Crippen LogP contribution in [0.3, 0.4) is 0 Å². The molecular formula is C15H17BrN2O3. The molecular weight excluding hydrogens is 336 g/mol. The first-order valence-corrected chi connectivity index (χ1v) is 7.69. The number of fused-ring (bicyclic) bond motifs is 2. The highest BCUT2D eigenvalue weighted by atomic mass is 79.9. The van der Waals surface area contributed by atoms with E-state index in [2.05, 4.69) is 26.2 Å². The van der Waals surface area contributed by atoms with Crippen molar-refractivity contribution in [3.05, 3.63) is 28.2 Å². The Labute approximate surface area is 131 Å². The second-order valence-corrected chi connectivity index (χ2v) is 6.76. The molecule has 2 heterocycles. The van der Waals surface area contributed by atoms with Crippen molar-refractivity contribution >= 4 is 27.9 Å². The average Bonchev–Trinajstić information content (AvgIpc) is 2.67.